The third-order valence-electron chi connectivity index (χ3n) is 7.83. The zero-order valence-electron chi connectivity index (χ0n) is 36.2. The Kier molecular flexibility index (Phi) is 75.4. The second-order valence-corrected chi connectivity index (χ2v) is 13.8. The van der Waals surface area contributed by atoms with Gasteiger partial charge in [0.1, 0.15) is 24.4 Å². The van der Waals surface area contributed by atoms with Gasteiger partial charge in [0.15, 0.2) is 0 Å². The average molecular weight is 851 g/mol. The number of hydrogen-bond donors (Lipinski definition) is 14. The fourth-order valence-electron chi connectivity index (χ4n) is 4.16. The monoisotopic (exact) mass is 851 g/mol. The van der Waals surface area contributed by atoms with Crippen LogP contribution in [0.2, 0.25) is 0 Å². The molecular weight excluding hydrogens is 760 g/mol. The third-order valence-corrected chi connectivity index (χ3v) is 7.83. The number of carboxylic acids is 2. The average Bonchev–Trinajstić information content (AvgIpc) is 3.24. The van der Waals surface area contributed by atoms with Gasteiger partial charge in [-0.25, -0.2) is 0 Å². The molecule has 354 valence electrons. The zero-order chi connectivity index (χ0) is 45.5. The number of allylic oxidation sites excluding steroid dienone is 2. The maximum Gasteiger partial charge on any atom is 0.303 e. The molecule has 0 unspecified atom stereocenters. The lowest BCUT2D eigenvalue weighted by molar-refractivity contribution is -0.138. The molecule has 0 bridgehead atoms. The lowest BCUT2D eigenvalue weighted by atomic mass is 10.1. The minimum atomic E-state index is -0.954. The first-order valence-corrected chi connectivity index (χ1v) is 21.5. The van der Waals surface area contributed by atoms with E-state index in [1.807, 2.05) is 0 Å². The summed E-state index contributed by atoms with van der Waals surface area (Å²) in [5, 5.41) is 113. The van der Waals surface area contributed by atoms with E-state index in [-0.39, 0.29) is 52.9 Å². The summed E-state index contributed by atoms with van der Waals surface area (Å²) in [7, 11) is 0. The number of carbonyl (C=O) groups is 2. The molecule has 16 nitrogen and oxygen atoms in total. The van der Waals surface area contributed by atoms with Gasteiger partial charge in [-0.2, -0.15) is 0 Å². The molecule has 0 saturated carbocycles. The summed E-state index contributed by atoms with van der Waals surface area (Å²) in [6.07, 6.45) is 28.9. The highest BCUT2D eigenvalue weighted by Gasteiger charge is 1.98. The summed E-state index contributed by atoms with van der Waals surface area (Å²) in [5.41, 5.74) is 0. The van der Waals surface area contributed by atoms with Crippen molar-refractivity contribution in [1.82, 2.24) is 0 Å². The van der Waals surface area contributed by atoms with Gasteiger partial charge in [-0.05, 0) is 38.5 Å². The highest BCUT2D eigenvalue weighted by Crippen LogP contribution is 2.11. The van der Waals surface area contributed by atoms with Crippen LogP contribution < -0.4 is 0 Å². The number of rotatable bonds is 33. The number of aliphatic hydroxyl groups is 12. The van der Waals surface area contributed by atoms with Crippen molar-refractivity contribution >= 4 is 11.9 Å². The normalized spacial score (nSPS) is 10.5. The Hall–Kier alpha value is -1.80. The van der Waals surface area contributed by atoms with Crippen molar-refractivity contribution in [3.8, 4) is 0 Å². The van der Waals surface area contributed by atoms with Gasteiger partial charge in [0, 0.05) is 12.8 Å². The van der Waals surface area contributed by atoms with Crippen LogP contribution in [0.25, 0.3) is 0 Å². The van der Waals surface area contributed by atoms with Crippen LogP contribution in [0, 0.1) is 0 Å². The first kappa shape index (κ1) is 68.0. The van der Waals surface area contributed by atoms with Gasteiger partial charge in [0.05, 0.1) is 52.9 Å². The summed E-state index contributed by atoms with van der Waals surface area (Å²) in [6, 6.07) is 0. The van der Waals surface area contributed by atoms with Gasteiger partial charge in [0.25, 0.3) is 0 Å². The van der Waals surface area contributed by atoms with Crippen molar-refractivity contribution in [1.29, 1.82) is 0 Å². The van der Waals surface area contributed by atoms with E-state index in [4.69, 9.17) is 71.5 Å². The van der Waals surface area contributed by atoms with Crippen LogP contribution in [0.1, 0.15) is 168 Å². The first-order chi connectivity index (χ1) is 27.8. The molecular formula is C42H90O16. The fraction of sp³-hybridized carbons (Fsp3) is 0.905. The Bertz CT molecular complexity index is 705. The van der Waals surface area contributed by atoms with E-state index in [0.717, 1.165) is 25.7 Å². The number of unbranched alkanes of at least 4 members (excludes halogenated alkanes) is 19. The van der Waals surface area contributed by atoms with Gasteiger partial charge < -0.3 is 71.5 Å². The van der Waals surface area contributed by atoms with Crippen LogP contribution >= 0.6 is 0 Å². The molecule has 0 spiro atoms. The molecule has 0 amide bonds. The summed E-state index contributed by atoms with van der Waals surface area (Å²) in [6.45, 7) is 1.57. The maximum absolute atomic E-state index is 10.3. The third kappa shape index (κ3) is 86.1. The predicted octanol–water partition coefficient (Wildman–Crippen LogP) is 3.43. The molecule has 0 aromatic heterocycles. The number of hydrogen-bond acceptors (Lipinski definition) is 14. The van der Waals surface area contributed by atoms with Crippen LogP contribution in [0.3, 0.4) is 0 Å². The molecule has 0 saturated heterocycles. The van der Waals surface area contributed by atoms with Gasteiger partial charge in [-0.1, -0.05) is 129 Å². The van der Waals surface area contributed by atoms with Gasteiger partial charge >= 0.3 is 11.9 Å². The van der Waals surface area contributed by atoms with Crippen LogP contribution in [-0.4, -0.2) is 161 Å². The molecule has 16 heteroatoms. The molecule has 0 aliphatic carbocycles. The highest BCUT2D eigenvalue weighted by atomic mass is 16.4. The second kappa shape index (κ2) is 64.3. The largest absolute Gasteiger partial charge is 0.481 e. The molecule has 0 aromatic rings. The van der Waals surface area contributed by atoms with E-state index in [9.17, 15) is 9.59 Å². The highest BCUT2D eigenvalue weighted by molar-refractivity contribution is 5.66. The lowest BCUT2D eigenvalue weighted by Gasteiger charge is -2.00. The van der Waals surface area contributed by atoms with E-state index < -0.39 is 36.4 Å². The van der Waals surface area contributed by atoms with Crippen molar-refractivity contribution in [2.24, 2.45) is 0 Å². The first-order valence-electron chi connectivity index (χ1n) is 21.5. The minimum Gasteiger partial charge on any atom is -0.481 e. The molecule has 14 N–H and O–H groups in total. The Morgan fingerprint density at radius 3 is 0.707 bits per heavy atom. The minimum absolute atomic E-state index is 0.332. The number of aliphatic hydroxyl groups excluding tert-OH is 12. The van der Waals surface area contributed by atoms with Crippen molar-refractivity contribution < 1.29 is 81.1 Å². The Balaban J connectivity index is -0.000000153. The maximum atomic E-state index is 10.3. The zero-order valence-corrected chi connectivity index (χ0v) is 36.2. The lowest BCUT2D eigenvalue weighted by Crippen LogP contribution is -2.15. The number of carboxylic acid groups (broad SMARTS) is 2. The van der Waals surface area contributed by atoms with Gasteiger partial charge in [-0.3, -0.25) is 9.59 Å². The van der Waals surface area contributed by atoms with Crippen molar-refractivity contribution in [2.75, 3.05) is 52.9 Å². The van der Waals surface area contributed by atoms with Gasteiger partial charge in [0.2, 0.25) is 0 Å². The summed E-state index contributed by atoms with van der Waals surface area (Å²) in [5.74, 6) is -1.32. The Labute approximate surface area is 349 Å². The van der Waals surface area contributed by atoms with Crippen LogP contribution in [0.4, 0.5) is 0 Å². The topological polar surface area (TPSA) is 317 Å². The summed E-state index contributed by atoms with van der Waals surface area (Å²) >= 11 is 0. The Morgan fingerprint density at radius 2 is 0.534 bits per heavy atom. The van der Waals surface area contributed by atoms with E-state index in [0.29, 0.717) is 12.8 Å². The van der Waals surface area contributed by atoms with Crippen molar-refractivity contribution in [2.45, 2.75) is 192 Å². The molecule has 0 heterocycles. The van der Waals surface area contributed by atoms with Crippen LogP contribution in [-0.2, 0) is 9.59 Å². The molecule has 0 aromatic carbocycles. The van der Waals surface area contributed by atoms with Crippen molar-refractivity contribution in [3.63, 3.8) is 0 Å². The number of aliphatic carboxylic acids is 2. The van der Waals surface area contributed by atoms with E-state index in [1.165, 1.54) is 116 Å². The van der Waals surface area contributed by atoms with Crippen LogP contribution in [0.5, 0.6) is 0 Å². The predicted molar refractivity (Wildman–Crippen MR) is 227 cm³/mol. The van der Waals surface area contributed by atoms with Crippen molar-refractivity contribution in [3.05, 3.63) is 12.2 Å². The molecule has 0 rings (SSSR count). The Morgan fingerprint density at radius 1 is 0.345 bits per heavy atom. The van der Waals surface area contributed by atoms with E-state index in [2.05, 4.69) is 26.0 Å². The molecule has 0 radical (unpaired) electrons. The van der Waals surface area contributed by atoms with Gasteiger partial charge in [-0.15, -0.1) is 0 Å². The summed E-state index contributed by atoms with van der Waals surface area (Å²) in [4.78, 5) is 20.5. The second-order valence-electron chi connectivity index (χ2n) is 13.8. The standard InChI is InChI=1S/C18H34O2.C12H24O2.4C3H8O3/c1-2-3-4-5-6-7-8-9-10-11-12-13-14-15-16-17-18(19)20;1-2-3-4-5-6-7-8-9-10-11-12(13)14;4*4-1-3(6)2-5/h9-10H,2-8,11-17H2,1H3,(H,19,20);2-11H2,1H3,(H,13,14);4*3-6H,1-2H2. The summed E-state index contributed by atoms with van der Waals surface area (Å²) < 4.78 is 0. The fourth-order valence-corrected chi connectivity index (χ4v) is 4.16. The SMILES string of the molecule is CCCCCCCCC=CCCCCCCCC(=O)O.CCCCCCCCCCCC(=O)O.OCC(O)CO.OCC(O)CO.OCC(O)CO.OCC(O)CO. The molecule has 0 atom stereocenters. The van der Waals surface area contributed by atoms with E-state index >= 15 is 0 Å². The molecule has 0 aliphatic heterocycles. The quantitative estimate of drug-likeness (QED) is 0.0332. The molecule has 0 aliphatic rings. The van der Waals surface area contributed by atoms with Crippen LogP contribution in [0.15, 0.2) is 12.2 Å². The molecule has 58 heavy (non-hydrogen) atoms. The van der Waals surface area contributed by atoms with E-state index in [1.54, 1.807) is 0 Å². The molecule has 0 fully saturated rings. The smallest absolute Gasteiger partial charge is 0.303 e.